The Balaban J connectivity index is 3.41. The number of carbonyl (C=O) groups excluding carboxylic acids is 1. The van der Waals surface area contributed by atoms with Gasteiger partial charge in [-0.2, -0.15) is 0 Å². The molecule has 0 saturated heterocycles. The first-order valence-corrected chi connectivity index (χ1v) is 3.52. The summed E-state index contributed by atoms with van der Waals surface area (Å²) >= 11 is 5.29. The predicted octanol–water partition coefficient (Wildman–Crippen LogP) is 2.20. The Morgan fingerprint density at radius 1 is 1.54 bits per heavy atom. The van der Waals surface area contributed by atoms with Gasteiger partial charge in [-0.3, -0.25) is 14.9 Å². The molecule has 0 atom stereocenters. The lowest BCUT2D eigenvalue weighted by Crippen LogP contribution is -1.95. The van der Waals surface area contributed by atoms with Gasteiger partial charge in [0, 0.05) is 6.07 Å². The molecule has 4 nitrogen and oxygen atoms in total. The molecule has 1 aromatic rings. The molecule has 1 aromatic carbocycles. The highest BCUT2D eigenvalue weighted by Gasteiger charge is 2.16. The summed E-state index contributed by atoms with van der Waals surface area (Å²) in [6, 6.07) is 1.54. The van der Waals surface area contributed by atoms with Crippen molar-refractivity contribution in [1.82, 2.24) is 0 Å². The van der Waals surface area contributed by atoms with Gasteiger partial charge in [0.05, 0.1) is 15.5 Å². The van der Waals surface area contributed by atoms with Crippen molar-refractivity contribution in [3.8, 4) is 0 Å². The zero-order chi connectivity index (χ0) is 10.0. The average molecular weight is 204 g/mol. The fourth-order valence-corrected chi connectivity index (χ4v) is 0.962. The van der Waals surface area contributed by atoms with Crippen molar-refractivity contribution in [1.29, 1.82) is 0 Å². The van der Waals surface area contributed by atoms with Gasteiger partial charge in [-0.25, -0.2) is 4.39 Å². The smallest absolute Gasteiger partial charge is 0.281 e. The molecule has 68 valence electrons. The van der Waals surface area contributed by atoms with Crippen LogP contribution >= 0.6 is 11.6 Å². The molecule has 0 spiro atoms. The molecule has 6 heteroatoms. The van der Waals surface area contributed by atoms with Crippen LogP contribution in [0.4, 0.5) is 10.1 Å². The highest BCUT2D eigenvalue weighted by Crippen LogP contribution is 2.24. The van der Waals surface area contributed by atoms with Crippen LogP contribution in [0.2, 0.25) is 5.02 Å². The van der Waals surface area contributed by atoms with E-state index in [0.717, 1.165) is 12.1 Å². The normalized spacial score (nSPS) is 9.69. The van der Waals surface area contributed by atoms with Crippen LogP contribution < -0.4 is 0 Å². The number of rotatable bonds is 2. The van der Waals surface area contributed by atoms with Gasteiger partial charge in [-0.05, 0) is 6.07 Å². The van der Waals surface area contributed by atoms with Gasteiger partial charge in [0.25, 0.3) is 5.69 Å². The molecule has 0 fully saturated rings. The Hall–Kier alpha value is -1.49. The first-order valence-electron chi connectivity index (χ1n) is 3.15. The Morgan fingerprint density at radius 2 is 2.15 bits per heavy atom. The summed E-state index contributed by atoms with van der Waals surface area (Å²) in [7, 11) is 0. The summed E-state index contributed by atoms with van der Waals surface area (Å²) in [6.45, 7) is 0. The molecule has 0 aliphatic heterocycles. The van der Waals surface area contributed by atoms with Crippen molar-refractivity contribution < 1.29 is 14.1 Å². The number of nitro benzene ring substituents is 1. The minimum atomic E-state index is -0.852. The molecule has 0 aliphatic carbocycles. The van der Waals surface area contributed by atoms with Crippen LogP contribution in [0.25, 0.3) is 0 Å². The van der Waals surface area contributed by atoms with Gasteiger partial charge in [0.15, 0.2) is 6.29 Å². The molecule has 0 saturated carbocycles. The maximum atomic E-state index is 12.7. The van der Waals surface area contributed by atoms with Crippen LogP contribution in [0, 0.1) is 15.9 Å². The van der Waals surface area contributed by atoms with Crippen LogP contribution in [0.15, 0.2) is 12.1 Å². The van der Waals surface area contributed by atoms with Crippen LogP contribution in [0.3, 0.4) is 0 Å². The molecule has 0 bridgehead atoms. The van der Waals surface area contributed by atoms with Gasteiger partial charge in [0.1, 0.15) is 5.82 Å². The second-order valence-electron chi connectivity index (χ2n) is 2.20. The van der Waals surface area contributed by atoms with Gasteiger partial charge in [-0.1, -0.05) is 11.6 Å². The average Bonchev–Trinajstić information content (AvgIpc) is 2.08. The molecule has 13 heavy (non-hydrogen) atoms. The van der Waals surface area contributed by atoms with E-state index in [-0.39, 0.29) is 16.9 Å². The largest absolute Gasteiger partial charge is 0.298 e. The van der Waals surface area contributed by atoms with E-state index in [1.54, 1.807) is 0 Å². The molecule has 0 aliphatic rings. The number of halogens is 2. The van der Waals surface area contributed by atoms with E-state index < -0.39 is 16.4 Å². The van der Waals surface area contributed by atoms with Crippen LogP contribution in [0.1, 0.15) is 10.4 Å². The van der Waals surface area contributed by atoms with Crippen LogP contribution in [0.5, 0.6) is 0 Å². The first-order chi connectivity index (χ1) is 6.06. The summed E-state index contributed by atoms with van der Waals surface area (Å²) in [5.41, 5.74) is -0.826. The molecule has 0 radical (unpaired) electrons. The third-order valence-corrected chi connectivity index (χ3v) is 1.68. The molecule has 0 N–H and O–H groups in total. The Morgan fingerprint density at radius 3 is 2.62 bits per heavy atom. The number of benzene rings is 1. The monoisotopic (exact) mass is 203 g/mol. The van der Waals surface area contributed by atoms with Gasteiger partial charge in [-0.15, -0.1) is 0 Å². The Kier molecular flexibility index (Phi) is 2.57. The minimum absolute atomic E-state index is 0.206. The van der Waals surface area contributed by atoms with Crippen molar-refractivity contribution in [2.45, 2.75) is 0 Å². The summed E-state index contributed by atoms with van der Waals surface area (Å²) in [5.74, 6) is -0.852. The number of nitro groups is 1. The topological polar surface area (TPSA) is 60.2 Å². The maximum Gasteiger partial charge on any atom is 0.281 e. The Bertz CT molecular complexity index is 380. The SMILES string of the molecule is O=Cc1cc(F)c(Cl)cc1[N+](=O)[O-]. The van der Waals surface area contributed by atoms with Crippen LogP contribution in [-0.4, -0.2) is 11.2 Å². The second kappa shape index (κ2) is 3.49. The highest BCUT2D eigenvalue weighted by atomic mass is 35.5. The van der Waals surface area contributed by atoms with Crippen molar-refractivity contribution >= 4 is 23.6 Å². The number of carbonyl (C=O) groups is 1. The lowest BCUT2D eigenvalue weighted by atomic mass is 10.2. The molecule has 1 rings (SSSR count). The lowest BCUT2D eigenvalue weighted by molar-refractivity contribution is -0.385. The van der Waals surface area contributed by atoms with Gasteiger partial charge >= 0.3 is 0 Å². The number of aldehydes is 1. The van der Waals surface area contributed by atoms with Gasteiger partial charge < -0.3 is 0 Å². The molecular weight excluding hydrogens is 201 g/mol. The summed E-state index contributed by atoms with van der Waals surface area (Å²) < 4.78 is 12.7. The van der Waals surface area contributed by atoms with E-state index in [4.69, 9.17) is 11.6 Å². The predicted molar refractivity (Wildman–Crippen MR) is 43.5 cm³/mol. The zero-order valence-corrected chi connectivity index (χ0v) is 6.92. The van der Waals surface area contributed by atoms with Crippen LogP contribution in [-0.2, 0) is 0 Å². The van der Waals surface area contributed by atoms with Crippen molar-refractivity contribution in [3.05, 3.63) is 38.7 Å². The standard InChI is InChI=1S/C7H3ClFNO3/c8-5-2-7(10(12)13)4(3-11)1-6(5)9/h1-3H. The highest BCUT2D eigenvalue weighted by molar-refractivity contribution is 6.31. The maximum absolute atomic E-state index is 12.7. The van der Waals surface area contributed by atoms with Gasteiger partial charge in [0.2, 0.25) is 0 Å². The van der Waals surface area contributed by atoms with E-state index >= 15 is 0 Å². The number of nitrogens with zero attached hydrogens (tertiary/aromatic N) is 1. The molecule has 0 aromatic heterocycles. The minimum Gasteiger partial charge on any atom is -0.298 e. The molecule has 0 amide bonds. The van der Waals surface area contributed by atoms with Crippen molar-refractivity contribution in [2.24, 2.45) is 0 Å². The second-order valence-corrected chi connectivity index (χ2v) is 2.61. The van der Waals surface area contributed by atoms with Crippen molar-refractivity contribution in [2.75, 3.05) is 0 Å². The fraction of sp³-hybridized carbons (Fsp3) is 0. The fourth-order valence-electron chi connectivity index (χ4n) is 0.804. The summed E-state index contributed by atoms with van der Waals surface area (Å²) in [4.78, 5) is 19.8. The van der Waals surface area contributed by atoms with E-state index in [1.807, 2.05) is 0 Å². The zero-order valence-electron chi connectivity index (χ0n) is 6.16. The quantitative estimate of drug-likeness (QED) is 0.421. The van der Waals surface area contributed by atoms with Crippen molar-refractivity contribution in [3.63, 3.8) is 0 Å². The first kappa shape index (κ1) is 9.60. The third kappa shape index (κ3) is 1.81. The number of hydrogen-bond acceptors (Lipinski definition) is 3. The number of hydrogen-bond donors (Lipinski definition) is 0. The third-order valence-electron chi connectivity index (χ3n) is 1.39. The van der Waals surface area contributed by atoms with E-state index in [2.05, 4.69) is 0 Å². The van der Waals surface area contributed by atoms with E-state index in [9.17, 15) is 19.3 Å². The van der Waals surface area contributed by atoms with E-state index in [1.165, 1.54) is 0 Å². The van der Waals surface area contributed by atoms with E-state index in [0.29, 0.717) is 0 Å². The molecule has 0 heterocycles. The Labute approximate surface area is 77.1 Å². The lowest BCUT2D eigenvalue weighted by Gasteiger charge is -1.97. The molecule has 0 unspecified atom stereocenters. The summed E-state index contributed by atoms with van der Waals surface area (Å²) in [6.07, 6.45) is 0.206. The summed E-state index contributed by atoms with van der Waals surface area (Å²) in [5, 5.41) is 9.93. The molecular formula is C7H3ClFNO3.